The Morgan fingerprint density at radius 2 is 1.64 bits per heavy atom. The van der Waals surface area contributed by atoms with Crippen LogP contribution in [-0.2, 0) is 17.9 Å². The molecule has 0 aromatic heterocycles. The number of rotatable bonds is 7. The summed E-state index contributed by atoms with van der Waals surface area (Å²) in [6, 6.07) is 18.3. The minimum atomic E-state index is 0.0702. The number of carbonyl (C=O) groups excluding carboxylic acids is 1. The van der Waals surface area contributed by atoms with E-state index in [0.29, 0.717) is 12.3 Å². The van der Waals surface area contributed by atoms with Crippen molar-refractivity contribution in [1.29, 1.82) is 0 Å². The van der Waals surface area contributed by atoms with Crippen molar-refractivity contribution in [3.05, 3.63) is 65.7 Å². The van der Waals surface area contributed by atoms with Gasteiger partial charge in [-0.3, -0.25) is 4.79 Å². The van der Waals surface area contributed by atoms with Crippen LogP contribution in [0.1, 0.15) is 11.1 Å². The van der Waals surface area contributed by atoms with Gasteiger partial charge in [-0.25, -0.2) is 0 Å². The molecule has 2 N–H and O–H groups in total. The highest BCUT2D eigenvalue weighted by Crippen LogP contribution is 2.16. The molecule has 3 nitrogen and oxygen atoms in total. The first-order valence-electron chi connectivity index (χ1n) is 7.45. The highest BCUT2D eigenvalue weighted by molar-refractivity contribution is 8.00. The lowest BCUT2D eigenvalue weighted by Gasteiger charge is -2.12. The fourth-order valence-corrected chi connectivity index (χ4v) is 2.94. The molecule has 0 aliphatic heterocycles. The maximum Gasteiger partial charge on any atom is 0.230 e. The molecule has 0 saturated heterocycles. The van der Waals surface area contributed by atoms with Gasteiger partial charge in [0.2, 0.25) is 5.91 Å². The van der Waals surface area contributed by atoms with E-state index in [1.807, 2.05) is 36.4 Å². The van der Waals surface area contributed by atoms with Gasteiger partial charge in [0.15, 0.2) is 0 Å². The molecule has 0 saturated carbocycles. The van der Waals surface area contributed by atoms with Gasteiger partial charge in [-0.05, 0) is 17.7 Å². The Morgan fingerprint density at radius 1 is 1.00 bits per heavy atom. The minimum absolute atomic E-state index is 0.0702. The Hall–Kier alpha value is -1.78. The first-order valence-corrected chi connectivity index (χ1v) is 8.44. The van der Waals surface area contributed by atoms with Gasteiger partial charge >= 0.3 is 0 Å². The molecule has 0 spiro atoms. The second kappa shape index (κ2) is 8.61. The molecular weight excluding hydrogens is 292 g/mol. The molecule has 0 atom stereocenters. The Kier molecular flexibility index (Phi) is 6.49. The third kappa shape index (κ3) is 5.54. The molecule has 0 bridgehead atoms. The number of thioether (sulfide) groups is 1. The smallest absolute Gasteiger partial charge is 0.230 e. The molecule has 0 heterocycles. The summed E-state index contributed by atoms with van der Waals surface area (Å²) in [4.78, 5) is 14.5. The molecular formula is C18H23N2OS+. The lowest BCUT2D eigenvalue weighted by molar-refractivity contribution is -0.872. The minimum Gasteiger partial charge on any atom is -0.351 e. The fraction of sp³-hybridized carbons (Fsp3) is 0.278. The van der Waals surface area contributed by atoms with Crippen LogP contribution in [0.4, 0.5) is 0 Å². The van der Waals surface area contributed by atoms with E-state index in [2.05, 4.69) is 37.6 Å². The number of nitrogens with one attached hydrogen (secondary N) is 2. The zero-order chi connectivity index (χ0) is 15.8. The number of hydrogen-bond donors (Lipinski definition) is 2. The molecule has 0 radical (unpaired) electrons. The van der Waals surface area contributed by atoms with Crippen molar-refractivity contribution >= 4 is 17.7 Å². The molecule has 0 aliphatic rings. The summed E-state index contributed by atoms with van der Waals surface area (Å²) in [5.74, 6) is 0.520. The van der Waals surface area contributed by atoms with Gasteiger partial charge < -0.3 is 10.2 Å². The van der Waals surface area contributed by atoms with E-state index in [-0.39, 0.29) is 5.91 Å². The standard InChI is InChI=1S/C18H22N2OS/c1-20(2)13-16-9-7-6-8-15(16)12-19-18(21)14-22-17-10-4-3-5-11-17/h3-11H,12-14H2,1-2H3,(H,19,21)/p+1. The molecule has 2 rings (SSSR count). The Balaban J connectivity index is 1.83. The van der Waals surface area contributed by atoms with Crippen LogP contribution in [0.5, 0.6) is 0 Å². The van der Waals surface area contributed by atoms with E-state index in [0.717, 1.165) is 11.4 Å². The van der Waals surface area contributed by atoms with Crippen molar-refractivity contribution in [3.63, 3.8) is 0 Å². The van der Waals surface area contributed by atoms with Crippen LogP contribution in [0.3, 0.4) is 0 Å². The van der Waals surface area contributed by atoms with Crippen molar-refractivity contribution in [2.24, 2.45) is 0 Å². The second-order valence-corrected chi connectivity index (χ2v) is 6.58. The maximum absolute atomic E-state index is 12.0. The van der Waals surface area contributed by atoms with Gasteiger partial charge in [-0.15, -0.1) is 11.8 Å². The van der Waals surface area contributed by atoms with Gasteiger partial charge in [0.25, 0.3) is 0 Å². The molecule has 4 heteroatoms. The SMILES string of the molecule is C[NH+](C)Cc1ccccc1CNC(=O)CSc1ccccc1. The molecule has 2 aromatic carbocycles. The van der Waals surface area contributed by atoms with Crippen LogP contribution in [0.25, 0.3) is 0 Å². The van der Waals surface area contributed by atoms with E-state index >= 15 is 0 Å². The summed E-state index contributed by atoms with van der Waals surface area (Å²) in [6.07, 6.45) is 0. The van der Waals surface area contributed by atoms with Crippen LogP contribution in [-0.4, -0.2) is 25.8 Å². The normalized spacial score (nSPS) is 10.7. The lowest BCUT2D eigenvalue weighted by Crippen LogP contribution is -3.04. The largest absolute Gasteiger partial charge is 0.351 e. The highest BCUT2D eigenvalue weighted by Gasteiger charge is 2.07. The number of benzene rings is 2. The number of amides is 1. The third-order valence-corrected chi connectivity index (χ3v) is 4.26. The van der Waals surface area contributed by atoms with Crippen LogP contribution in [0.15, 0.2) is 59.5 Å². The van der Waals surface area contributed by atoms with Crippen molar-refractivity contribution in [1.82, 2.24) is 5.32 Å². The number of carbonyl (C=O) groups is 1. The third-order valence-electron chi connectivity index (χ3n) is 3.25. The summed E-state index contributed by atoms with van der Waals surface area (Å²) in [5.41, 5.74) is 2.49. The first kappa shape index (κ1) is 16.6. The molecule has 1 amide bonds. The fourth-order valence-electron chi connectivity index (χ4n) is 2.19. The first-order chi connectivity index (χ1) is 10.6. The summed E-state index contributed by atoms with van der Waals surface area (Å²) < 4.78 is 0. The predicted octanol–water partition coefficient (Wildman–Crippen LogP) is 1.74. The van der Waals surface area contributed by atoms with Gasteiger partial charge in [0.05, 0.1) is 19.8 Å². The summed E-state index contributed by atoms with van der Waals surface area (Å²) in [5, 5.41) is 3.01. The van der Waals surface area contributed by atoms with Crippen molar-refractivity contribution in [2.45, 2.75) is 18.0 Å². The summed E-state index contributed by atoms with van der Waals surface area (Å²) >= 11 is 1.56. The van der Waals surface area contributed by atoms with Gasteiger partial charge in [-0.2, -0.15) is 0 Å². The van der Waals surface area contributed by atoms with Crippen molar-refractivity contribution < 1.29 is 9.69 Å². The van der Waals surface area contributed by atoms with Crippen molar-refractivity contribution in [3.8, 4) is 0 Å². The molecule has 0 unspecified atom stereocenters. The number of quaternary nitrogens is 1. The van der Waals surface area contributed by atoms with Gasteiger partial charge in [0.1, 0.15) is 6.54 Å². The Labute approximate surface area is 136 Å². The molecule has 0 fully saturated rings. The number of hydrogen-bond acceptors (Lipinski definition) is 2. The summed E-state index contributed by atoms with van der Waals surface area (Å²) in [6.45, 7) is 1.56. The van der Waals surface area contributed by atoms with E-state index < -0.39 is 0 Å². The monoisotopic (exact) mass is 315 g/mol. The van der Waals surface area contributed by atoms with Crippen LogP contribution >= 0.6 is 11.8 Å². The van der Waals surface area contributed by atoms with Gasteiger partial charge in [0, 0.05) is 17.0 Å². The van der Waals surface area contributed by atoms with E-state index in [1.165, 1.54) is 16.0 Å². The predicted molar refractivity (Wildman–Crippen MR) is 92.0 cm³/mol. The summed E-state index contributed by atoms with van der Waals surface area (Å²) in [7, 11) is 4.26. The zero-order valence-corrected chi connectivity index (χ0v) is 14.0. The average Bonchev–Trinajstić information content (AvgIpc) is 2.52. The lowest BCUT2D eigenvalue weighted by atomic mass is 10.1. The molecule has 0 aliphatic carbocycles. The van der Waals surface area contributed by atoms with Crippen LogP contribution in [0, 0.1) is 0 Å². The molecule has 2 aromatic rings. The van der Waals surface area contributed by atoms with E-state index in [4.69, 9.17) is 0 Å². The topological polar surface area (TPSA) is 33.5 Å². The highest BCUT2D eigenvalue weighted by atomic mass is 32.2. The van der Waals surface area contributed by atoms with E-state index in [1.54, 1.807) is 11.8 Å². The molecule has 22 heavy (non-hydrogen) atoms. The Bertz CT molecular complexity index is 599. The Morgan fingerprint density at radius 3 is 2.32 bits per heavy atom. The quantitative estimate of drug-likeness (QED) is 0.763. The van der Waals surface area contributed by atoms with Crippen LogP contribution in [0.2, 0.25) is 0 Å². The molecule has 116 valence electrons. The van der Waals surface area contributed by atoms with Crippen LogP contribution < -0.4 is 10.2 Å². The van der Waals surface area contributed by atoms with Crippen molar-refractivity contribution in [2.75, 3.05) is 19.8 Å². The van der Waals surface area contributed by atoms with Gasteiger partial charge in [-0.1, -0.05) is 42.5 Å². The zero-order valence-electron chi connectivity index (χ0n) is 13.1. The average molecular weight is 315 g/mol. The second-order valence-electron chi connectivity index (χ2n) is 5.53. The van der Waals surface area contributed by atoms with E-state index in [9.17, 15) is 4.79 Å². The maximum atomic E-state index is 12.0.